The SMILES string of the molecule is COC(=O)C[C@](C)(N[S@](=O)c1ccc(C)cc1)c1ccccc1. The lowest BCUT2D eigenvalue weighted by Gasteiger charge is -2.29. The highest BCUT2D eigenvalue weighted by Gasteiger charge is 2.32. The van der Waals surface area contributed by atoms with Crippen LogP contribution in [-0.4, -0.2) is 17.3 Å². The number of aryl methyl sites for hydroxylation is 1. The van der Waals surface area contributed by atoms with E-state index in [1.54, 1.807) is 0 Å². The quantitative estimate of drug-likeness (QED) is 0.828. The number of carbonyl (C=O) groups excluding carboxylic acids is 1. The molecule has 0 amide bonds. The number of hydrogen-bond donors (Lipinski definition) is 1. The van der Waals surface area contributed by atoms with Gasteiger partial charge in [-0.15, -0.1) is 0 Å². The summed E-state index contributed by atoms with van der Waals surface area (Å²) in [5, 5.41) is 0. The third-order valence-corrected chi connectivity index (χ3v) is 5.03. The molecule has 5 heteroatoms. The smallest absolute Gasteiger partial charge is 0.307 e. The van der Waals surface area contributed by atoms with Gasteiger partial charge in [0.05, 0.1) is 24.0 Å². The second-order valence-corrected chi connectivity index (χ2v) is 6.85. The minimum atomic E-state index is -1.44. The predicted octanol–water partition coefficient (Wildman–Crippen LogP) is 3.09. The molecule has 0 saturated heterocycles. The molecular weight excluding hydrogens is 310 g/mol. The Morgan fingerprint density at radius 2 is 1.74 bits per heavy atom. The highest BCUT2D eigenvalue weighted by atomic mass is 32.2. The van der Waals surface area contributed by atoms with Gasteiger partial charge in [-0.25, -0.2) is 8.93 Å². The van der Waals surface area contributed by atoms with Gasteiger partial charge in [0, 0.05) is 0 Å². The van der Waals surface area contributed by atoms with Crippen LogP contribution < -0.4 is 4.72 Å². The average Bonchev–Trinajstić information content (AvgIpc) is 2.56. The first-order valence-corrected chi connectivity index (χ1v) is 8.48. The molecular formula is C18H21NO3S. The number of ether oxygens (including phenoxy) is 1. The van der Waals surface area contributed by atoms with Crippen molar-refractivity contribution in [3.05, 3.63) is 65.7 Å². The van der Waals surface area contributed by atoms with Crippen molar-refractivity contribution >= 4 is 17.0 Å². The van der Waals surface area contributed by atoms with Crippen molar-refractivity contribution < 1.29 is 13.7 Å². The molecule has 2 rings (SSSR count). The van der Waals surface area contributed by atoms with Crippen molar-refractivity contribution in [1.82, 2.24) is 4.72 Å². The lowest BCUT2D eigenvalue weighted by atomic mass is 9.90. The summed E-state index contributed by atoms with van der Waals surface area (Å²) in [4.78, 5) is 12.5. The molecule has 1 N–H and O–H groups in total. The van der Waals surface area contributed by atoms with Crippen LogP contribution in [0, 0.1) is 6.92 Å². The normalized spacial score (nSPS) is 14.7. The summed E-state index contributed by atoms with van der Waals surface area (Å²) < 4.78 is 20.5. The lowest BCUT2D eigenvalue weighted by molar-refractivity contribution is -0.142. The topological polar surface area (TPSA) is 55.4 Å². The molecule has 0 radical (unpaired) electrons. The zero-order chi connectivity index (χ0) is 16.9. The van der Waals surface area contributed by atoms with Gasteiger partial charge in [-0.2, -0.15) is 0 Å². The Morgan fingerprint density at radius 3 is 2.30 bits per heavy atom. The molecule has 0 aliphatic heterocycles. The lowest BCUT2D eigenvalue weighted by Crippen LogP contribution is -2.42. The van der Waals surface area contributed by atoms with Crippen LogP contribution in [0.25, 0.3) is 0 Å². The summed E-state index contributed by atoms with van der Waals surface area (Å²) in [7, 11) is -0.0859. The van der Waals surface area contributed by atoms with E-state index in [-0.39, 0.29) is 12.4 Å². The largest absolute Gasteiger partial charge is 0.469 e. The first kappa shape index (κ1) is 17.4. The van der Waals surface area contributed by atoms with Crippen LogP contribution in [0.15, 0.2) is 59.5 Å². The molecule has 0 heterocycles. The second-order valence-electron chi connectivity index (χ2n) is 5.63. The highest BCUT2D eigenvalue weighted by molar-refractivity contribution is 7.83. The van der Waals surface area contributed by atoms with Gasteiger partial charge in [-0.3, -0.25) is 4.79 Å². The Balaban J connectivity index is 2.29. The summed E-state index contributed by atoms with van der Waals surface area (Å²) in [6, 6.07) is 17.0. The van der Waals surface area contributed by atoms with Gasteiger partial charge in [0.25, 0.3) is 0 Å². The van der Waals surface area contributed by atoms with Gasteiger partial charge in [0.2, 0.25) is 0 Å². The van der Waals surface area contributed by atoms with Crippen LogP contribution in [0.1, 0.15) is 24.5 Å². The van der Waals surface area contributed by atoms with Crippen molar-refractivity contribution in [1.29, 1.82) is 0 Å². The van der Waals surface area contributed by atoms with Gasteiger partial charge in [0.15, 0.2) is 0 Å². The Morgan fingerprint density at radius 1 is 1.13 bits per heavy atom. The number of nitrogens with one attached hydrogen (secondary N) is 1. The Kier molecular flexibility index (Phi) is 5.69. The summed E-state index contributed by atoms with van der Waals surface area (Å²) in [6.07, 6.45) is 0.0884. The Bertz CT molecular complexity index is 685. The van der Waals surface area contributed by atoms with Crippen molar-refractivity contribution in [2.75, 3.05) is 7.11 Å². The highest BCUT2D eigenvalue weighted by Crippen LogP contribution is 2.26. The molecule has 0 saturated carbocycles. The van der Waals surface area contributed by atoms with E-state index in [9.17, 15) is 9.00 Å². The molecule has 0 fully saturated rings. The van der Waals surface area contributed by atoms with Crippen molar-refractivity contribution in [2.24, 2.45) is 0 Å². The van der Waals surface area contributed by atoms with Gasteiger partial charge < -0.3 is 4.74 Å². The van der Waals surface area contributed by atoms with Crippen LogP contribution in [0.2, 0.25) is 0 Å². The molecule has 0 bridgehead atoms. The number of carbonyl (C=O) groups is 1. The minimum Gasteiger partial charge on any atom is -0.469 e. The van der Waals surface area contributed by atoms with E-state index in [0.29, 0.717) is 4.90 Å². The summed E-state index contributed by atoms with van der Waals surface area (Å²) in [5.41, 5.74) is 1.20. The number of benzene rings is 2. The minimum absolute atomic E-state index is 0.0884. The number of hydrogen-bond acceptors (Lipinski definition) is 3. The first-order chi connectivity index (χ1) is 10.9. The molecule has 23 heavy (non-hydrogen) atoms. The second kappa shape index (κ2) is 7.53. The molecule has 2 atom stereocenters. The number of methoxy groups -OCH3 is 1. The molecule has 0 spiro atoms. The summed E-state index contributed by atoms with van der Waals surface area (Å²) >= 11 is 0. The fraction of sp³-hybridized carbons (Fsp3) is 0.278. The van der Waals surface area contributed by atoms with Crippen molar-refractivity contribution in [3.8, 4) is 0 Å². The first-order valence-electron chi connectivity index (χ1n) is 7.33. The molecule has 0 aliphatic rings. The third-order valence-electron chi connectivity index (χ3n) is 3.69. The number of esters is 1. The van der Waals surface area contributed by atoms with E-state index < -0.39 is 16.5 Å². The van der Waals surface area contributed by atoms with E-state index >= 15 is 0 Å². The van der Waals surface area contributed by atoms with Gasteiger partial charge in [-0.1, -0.05) is 48.0 Å². The maximum Gasteiger partial charge on any atom is 0.307 e. The van der Waals surface area contributed by atoms with Crippen LogP contribution in [0.4, 0.5) is 0 Å². The van der Waals surface area contributed by atoms with Crippen LogP contribution >= 0.6 is 0 Å². The zero-order valence-corrected chi connectivity index (χ0v) is 14.4. The van der Waals surface area contributed by atoms with Crippen LogP contribution in [0.3, 0.4) is 0 Å². The maximum absolute atomic E-state index is 12.7. The van der Waals surface area contributed by atoms with E-state index in [1.165, 1.54) is 7.11 Å². The maximum atomic E-state index is 12.7. The molecule has 2 aromatic rings. The molecule has 4 nitrogen and oxygen atoms in total. The van der Waals surface area contributed by atoms with Crippen LogP contribution in [-0.2, 0) is 26.1 Å². The van der Waals surface area contributed by atoms with E-state index in [0.717, 1.165) is 11.1 Å². The van der Waals surface area contributed by atoms with E-state index in [1.807, 2.05) is 68.4 Å². The van der Waals surface area contributed by atoms with Crippen molar-refractivity contribution in [3.63, 3.8) is 0 Å². The van der Waals surface area contributed by atoms with E-state index in [4.69, 9.17) is 4.74 Å². The fourth-order valence-electron chi connectivity index (χ4n) is 2.29. The molecule has 122 valence electrons. The van der Waals surface area contributed by atoms with Crippen molar-refractivity contribution in [2.45, 2.75) is 30.7 Å². The van der Waals surface area contributed by atoms with Crippen LogP contribution in [0.5, 0.6) is 0 Å². The zero-order valence-electron chi connectivity index (χ0n) is 13.5. The average molecular weight is 331 g/mol. The number of rotatable bonds is 6. The molecule has 0 aromatic heterocycles. The van der Waals surface area contributed by atoms with E-state index in [2.05, 4.69) is 4.72 Å². The third kappa shape index (κ3) is 4.50. The standard InChI is InChI=1S/C18H21NO3S/c1-14-9-11-16(12-10-14)23(21)19-18(2,13-17(20)22-3)15-7-5-4-6-8-15/h4-12,19H,13H2,1-3H3/t18-,23+/m0/s1. The molecule has 2 aromatic carbocycles. The van der Waals surface area contributed by atoms with Gasteiger partial charge >= 0.3 is 5.97 Å². The molecule has 0 aliphatic carbocycles. The fourth-order valence-corrected chi connectivity index (χ4v) is 3.39. The summed E-state index contributed by atoms with van der Waals surface area (Å²) in [5.74, 6) is -0.357. The Hall–Kier alpha value is -1.98. The monoisotopic (exact) mass is 331 g/mol. The Labute approximate surface area is 139 Å². The van der Waals surface area contributed by atoms with Gasteiger partial charge in [-0.05, 0) is 31.5 Å². The predicted molar refractivity (Wildman–Crippen MR) is 91.2 cm³/mol. The van der Waals surface area contributed by atoms with Gasteiger partial charge in [0.1, 0.15) is 11.0 Å². The molecule has 0 unspecified atom stereocenters. The summed E-state index contributed by atoms with van der Waals surface area (Å²) in [6.45, 7) is 3.83.